The van der Waals surface area contributed by atoms with Crippen LogP contribution in [0, 0.1) is 5.82 Å². The van der Waals surface area contributed by atoms with Crippen molar-refractivity contribution in [1.29, 1.82) is 0 Å². The van der Waals surface area contributed by atoms with E-state index in [1.807, 2.05) is 0 Å². The first-order valence-electron chi connectivity index (χ1n) is 4.88. The molecule has 2 rings (SSSR count). The average molecular weight is 251 g/mol. The maximum Gasteiger partial charge on any atom is 0.165 e. The van der Waals surface area contributed by atoms with Crippen molar-refractivity contribution in [2.24, 2.45) is 0 Å². The van der Waals surface area contributed by atoms with Crippen molar-refractivity contribution in [3.63, 3.8) is 0 Å². The second-order valence-electron chi connectivity index (χ2n) is 3.30. The van der Waals surface area contributed by atoms with E-state index in [4.69, 9.17) is 16.3 Å². The van der Waals surface area contributed by atoms with Gasteiger partial charge in [-0.05, 0) is 24.3 Å². The molecule has 0 saturated heterocycles. The van der Waals surface area contributed by atoms with Crippen LogP contribution in [0.5, 0.6) is 11.5 Å². The lowest BCUT2D eigenvalue weighted by molar-refractivity contribution is 0.112. The van der Waals surface area contributed by atoms with Gasteiger partial charge < -0.3 is 4.74 Å². The molecule has 0 aromatic heterocycles. The molecule has 4 heteroatoms. The largest absolute Gasteiger partial charge is 0.453 e. The molecule has 0 aliphatic carbocycles. The average Bonchev–Trinajstić information content (AvgIpc) is 2.32. The third kappa shape index (κ3) is 2.45. The molecule has 0 bridgehead atoms. The molecule has 0 fully saturated rings. The fraction of sp³-hybridized carbons (Fsp3) is 0. The highest BCUT2D eigenvalue weighted by molar-refractivity contribution is 6.33. The number of carbonyl (C=O) groups excluding carboxylic acids is 1. The zero-order chi connectivity index (χ0) is 12.3. The standard InChI is InChI=1S/C13H8ClFO2/c14-10-4-3-7-12(9(10)8-16)17-13-6-2-1-5-11(13)15/h1-8H. The molecule has 0 amide bonds. The highest BCUT2D eigenvalue weighted by Gasteiger charge is 2.10. The lowest BCUT2D eigenvalue weighted by Gasteiger charge is -2.09. The van der Waals surface area contributed by atoms with Crippen molar-refractivity contribution in [2.45, 2.75) is 0 Å². The van der Waals surface area contributed by atoms with E-state index in [0.717, 1.165) is 0 Å². The van der Waals surface area contributed by atoms with E-state index >= 15 is 0 Å². The molecule has 0 heterocycles. The van der Waals surface area contributed by atoms with Gasteiger partial charge in [0.25, 0.3) is 0 Å². The number of aldehydes is 1. The molecular weight excluding hydrogens is 243 g/mol. The van der Waals surface area contributed by atoms with E-state index in [9.17, 15) is 9.18 Å². The molecule has 0 unspecified atom stereocenters. The van der Waals surface area contributed by atoms with E-state index in [-0.39, 0.29) is 22.1 Å². The predicted octanol–water partition coefficient (Wildman–Crippen LogP) is 4.08. The van der Waals surface area contributed by atoms with Gasteiger partial charge in [-0.25, -0.2) is 4.39 Å². The fourth-order valence-corrected chi connectivity index (χ4v) is 1.58. The number of para-hydroxylation sites is 1. The van der Waals surface area contributed by atoms with Crippen LogP contribution in [-0.4, -0.2) is 6.29 Å². The molecule has 0 aliphatic heterocycles. The Morgan fingerprint density at radius 3 is 2.47 bits per heavy atom. The van der Waals surface area contributed by atoms with Gasteiger partial charge in [0.2, 0.25) is 0 Å². The van der Waals surface area contributed by atoms with Gasteiger partial charge in [0.15, 0.2) is 17.9 Å². The number of ether oxygens (including phenoxy) is 1. The van der Waals surface area contributed by atoms with Crippen LogP contribution in [0.15, 0.2) is 42.5 Å². The Bertz CT molecular complexity index is 555. The number of hydrogen-bond donors (Lipinski definition) is 0. The van der Waals surface area contributed by atoms with Gasteiger partial charge in [0, 0.05) is 0 Å². The zero-order valence-electron chi connectivity index (χ0n) is 8.69. The topological polar surface area (TPSA) is 26.3 Å². The Morgan fingerprint density at radius 1 is 1.06 bits per heavy atom. The number of rotatable bonds is 3. The van der Waals surface area contributed by atoms with Gasteiger partial charge in [0.1, 0.15) is 5.75 Å². The summed E-state index contributed by atoms with van der Waals surface area (Å²) in [5.74, 6) is -0.209. The van der Waals surface area contributed by atoms with Gasteiger partial charge in [-0.1, -0.05) is 29.8 Å². The number of hydrogen-bond acceptors (Lipinski definition) is 2. The van der Waals surface area contributed by atoms with Gasteiger partial charge in [-0.3, -0.25) is 4.79 Å². The maximum atomic E-state index is 13.4. The first kappa shape index (κ1) is 11.6. The number of benzene rings is 2. The summed E-state index contributed by atoms with van der Waals surface area (Å²) in [6.07, 6.45) is 0.582. The molecule has 2 aromatic rings. The van der Waals surface area contributed by atoms with Crippen molar-refractivity contribution in [1.82, 2.24) is 0 Å². The van der Waals surface area contributed by atoms with Gasteiger partial charge in [0.05, 0.1) is 10.6 Å². The summed E-state index contributed by atoms with van der Waals surface area (Å²) in [5, 5.41) is 0.272. The van der Waals surface area contributed by atoms with E-state index in [2.05, 4.69) is 0 Å². The molecule has 0 N–H and O–H groups in total. The Labute approximate surface area is 103 Å². The van der Waals surface area contributed by atoms with Crippen LogP contribution in [0.25, 0.3) is 0 Å². The molecule has 2 aromatic carbocycles. The van der Waals surface area contributed by atoms with E-state index in [0.29, 0.717) is 6.29 Å². The molecule has 86 valence electrons. The maximum absolute atomic E-state index is 13.4. The van der Waals surface area contributed by atoms with Crippen molar-refractivity contribution in [3.8, 4) is 11.5 Å². The Hall–Kier alpha value is -1.87. The Kier molecular flexibility index (Phi) is 3.40. The third-order valence-electron chi connectivity index (χ3n) is 2.19. The quantitative estimate of drug-likeness (QED) is 0.767. The second kappa shape index (κ2) is 4.97. The van der Waals surface area contributed by atoms with Crippen LogP contribution in [0.2, 0.25) is 5.02 Å². The summed E-state index contributed by atoms with van der Waals surface area (Å²) in [6, 6.07) is 10.7. The number of halogens is 2. The van der Waals surface area contributed by atoms with Gasteiger partial charge in [-0.2, -0.15) is 0 Å². The summed E-state index contributed by atoms with van der Waals surface area (Å²) in [6.45, 7) is 0. The van der Waals surface area contributed by atoms with Crippen molar-refractivity contribution in [3.05, 3.63) is 58.9 Å². The molecule has 0 aliphatic rings. The Balaban J connectivity index is 2.40. The molecule has 17 heavy (non-hydrogen) atoms. The second-order valence-corrected chi connectivity index (χ2v) is 3.71. The first-order valence-corrected chi connectivity index (χ1v) is 5.26. The minimum atomic E-state index is -0.496. The van der Waals surface area contributed by atoms with Crippen LogP contribution < -0.4 is 4.74 Å². The van der Waals surface area contributed by atoms with E-state index in [1.54, 1.807) is 30.3 Å². The first-order chi connectivity index (χ1) is 8.22. The van der Waals surface area contributed by atoms with Crippen molar-refractivity contribution in [2.75, 3.05) is 0 Å². The Morgan fingerprint density at radius 2 is 1.76 bits per heavy atom. The summed E-state index contributed by atoms with van der Waals surface area (Å²) in [5.41, 5.74) is 0.206. The smallest absolute Gasteiger partial charge is 0.165 e. The number of carbonyl (C=O) groups is 1. The molecule has 0 spiro atoms. The zero-order valence-corrected chi connectivity index (χ0v) is 9.45. The summed E-state index contributed by atoms with van der Waals surface area (Å²) in [7, 11) is 0. The minimum Gasteiger partial charge on any atom is -0.453 e. The third-order valence-corrected chi connectivity index (χ3v) is 2.52. The highest BCUT2D eigenvalue weighted by Crippen LogP contribution is 2.30. The molecule has 2 nitrogen and oxygen atoms in total. The van der Waals surface area contributed by atoms with Gasteiger partial charge in [-0.15, -0.1) is 0 Å². The highest BCUT2D eigenvalue weighted by atomic mass is 35.5. The van der Waals surface area contributed by atoms with Crippen molar-refractivity contribution < 1.29 is 13.9 Å². The lowest BCUT2D eigenvalue weighted by Crippen LogP contribution is -1.93. The van der Waals surface area contributed by atoms with E-state index < -0.39 is 5.82 Å². The monoisotopic (exact) mass is 250 g/mol. The summed E-state index contributed by atoms with van der Waals surface area (Å²) < 4.78 is 18.7. The van der Waals surface area contributed by atoms with Crippen LogP contribution in [-0.2, 0) is 0 Å². The normalized spacial score (nSPS) is 10.0. The predicted molar refractivity (Wildman–Crippen MR) is 63.3 cm³/mol. The summed E-state index contributed by atoms with van der Waals surface area (Å²) in [4.78, 5) is 10.9. The lowest BCUT2D eigenvalue weighted by atomic mass is 10.2. The van der Waals surface area contributed by atoms with Crippen molar-refractivity contribution >= 4 is 17.9 Å². The van der Waals surface area contributed by atoms with E-state index in [1.165, 1.54) is 12.1 Å². The molecule has 0 atom stereocenters. The molecular formula is C13H8ClFO2. The fourth-order valence-electron chi connectivity index (χ4n) is 1.37. The van der Waals surface area contributed by atoms with Gasteiger partial charge >= 0.3 is 0 Å². The van der Waals surface area contributed by atoms with Crippen LogP contribution in [0.1, 0.15) is 10.4 Å². The molecule has 0 radical (unpaired) electrons. The van der Waals surface area contributed by atoms with Crippen LogP contribution in [0.4, 0.5) is 4.39 Å². The minimum absolute atomic E-state index is 0.0536. The summed E-state index contributed by atoms with van der Waals surface area (Å²) >= 11 is 5.83. The van der Waals surface area contributed by atoms with Crippen LogP contribution >= 0.6 is 11.6 Å². The SMILES string of the molecule is O=Cc1c(Cl)cccc1Oc1ccccc1F. The molecule has 0 saturated carbocycles. The van der Waals surface area contributed by atoms with Crippen LogP contribution in [0.3, 0.4) is 0 Å².